The Morgan fingerprint density at radius 3 is 2.00 bits per heavy atom. The lowest BCUT2D eigenvalue weighted by Crippen LogP contribution is -2.30. The van der Waals surface area contributed by atoms with Gasteiger partial charge in [0.05, 0.1) is 0 Å². The fourth-order valence-corrected chi connectivity index (χ4v) is 4.49. The van der Waals surface area contributed by atoms with Gasteiger partial charge in [0.15, 0.2) is 11.9 Å². The van der Waals surface area contributed by atoms with Crippen LogP contribution in [0.15, 0.2) is 60.9 Å². The molecular formula is C35H48N2O4. The zero-order valence-electron chi connectivity index (χ0n) is 25.4. The van der Waals surface area contributed by atoms with Gasteiger partial charge in [0.25, 0.3) is 0 Å². The molecule has 6 nitrogen and oxygen atoms in total. The van der Waals surface area contributed by atoms with E-state index in [0.29, 0.717) is 18.2 Å². The van der Waals surface area contributed by atoms with Crippen molar-refractivity contribution >= 4 is 5.97 Å². The quantitative estimate of drug-likeness (QED) is 0.108. The van der Waals surface area contributed by atoms with Crippen molar-refractivity contribution in [3.63, 3.8) is 0 Å². The number of esters is 1. The van der Waals surface area contributed by atoms with Crippen molar-refractivity contribution in [2.75, 3.05) is 13.2 Å². The van der Waals surface area contributed by atoms with Crippen LogP contribution in [0.1, 0.15) is 91.0 Å². The molecule has 0 aliphatic heterocycles. The number of rotatable bonds is 19. The van der Waals surface area contributed by atoms with Gasteiger partial charge in [0.1, 0.15) is 18.5 Å². The van der Waals surface area contributed by atoms with E-state index in [1.165, 1.54) is 50.5 Å². The molecule has 0 aliphatic rings. The monoisotopic (exact) mass is 560 g/mol. The highest BCUT2D eigenvalue weighted by Crippen LogP contribution is 2.23. The third-order valence-corrected chi connectivity index (χ3v) is 7.12. The molecule has 1 aromatic heterocycles. The molecule has 0 fully saturated rings. The molecule has 3 aromatic rings. The predicted molar refractivity (Wildman–Crippen MR) is 166 cm³/mol. The average molecular weight is 561 g/mol. The van der Waals surface area contributed by atoms with E-state index in [9.17, 15) is 4.79 Å². The van der Waals surface area contributed by atoms with Crippen LogP contribution in [-0.2, 0) is 20.7 Å². The zero-order chi connectivity index (χ0) is 29.3. The first kappa shape index (κ1) is 32.3. The Balaban J connectivity index is 1.43. The van der Waals surface area contributed by atoms with Gasteiger partial charge in [-0.3, -0.25) is 0 Å². The maximum Gasteiger partial charge on any atom is 0.335 e. The second kappa shape index (κ2) is 18.2. The van der Waals surface area contributed by atoms with E-state index in [-0.39, 0.29) is 18.7 Å². The minimum atomic E-state index is -0.575. The number of unbranched alkanes of at least 4 members (excludes halogenated alkanes) is 7. The SMILES string of the molecule is CCCCCCCCCc1ccc(-c2cnc(-c3ccc(OCC(C)OC(=O)C(C)OCCCC)cc3)nc2)cc1. The first-order valence-corrected chi connectivity index (χ1v) is 15.5. The molecule has 41 heavy (non-hydrogen) atoms. The van der Waals surface area contributed by atoms with Crippen LogP contribution in [0.3, 0.4) is 0 Å². The molecule has 0 N–H and O–H groups in total. The van der Waals surface area contributed by atoms with E-state index >= 15 is 0 Å². The number of ether oxygens (including phenoxy) is 3. The van der Waals surface area contributed by atoms with E-state index in [2.05, 4.69) is 48.1 Å². The first-order valence-electron chi connectivity index (χ1n) is 15.5. The van der Waals surface area contributed by atoms with E-state index in [4.69, 9.17) is 14.2 Å². The molecule has 0 aliphatic carbocycles. The van der Waals surface area contributed by atoms with E-state index < -0.39 is 6.10 Å². The van der Waals surface area contributed by atoms with Gasteiger partial charge in [-0.2, -0.15) is 0 Å². The molecule has 1 heterocycles. The second-order valence-corrected chi connectivity index (χ2v) is 10.8. The molecule has 222 valence electrons. The second-order valence-electron chi connectivity index (χ2n) is 10.8. The van der Waals surface area contributed by atoms with Crippen molar-refractivity contribution in [3.05, 3.63) is 66.5 Å². The predicted octanol–water partition coefficient (Wildman–Crippen LogP) is 8.62. The van der Waals surface area contributed by atoms with Gasteiger partial charge in [-0.25, -0.2) is 14.8 Å². The molecule has 2 unspecified atom stereocenters. The highest BCUT2D eigenvalue weighted by molar-refractivity contribution is 5.74. The standard InChI is InChI=1S/C35H48N2O4/c1-5-7-9-10-11-12-13-14-29-15-17-30(18-16-29)32-24-36-34(37-25-32)31-19-21-33(22-20-31)40-26-27(3)41-35(38)28(4)39-23-8-6-2/h15-22,24-25,27-28H,5-14,23,26H2,1-4H3. The highest BCUT2D eigenvalue weighted by Gasteiger charge is 2.18. The summed E-state index contributed by atoms with van der Waals surface area (Å²) in [6, 6.07) is 16.4. The van der Waals surface area contributed by atoms with Crippen LogP contribution >= 0.6 is 0 Å². The van der Waals surface area contributed by atoms with E-state index in [1.54, 1.807) is 6.92 Å². The number of aryl methyl sites for hydroxylation is 1. The summed E-state index contributed by atoms with van der Waals surface area (Å²) in [6.07, 6.45) is 15.2. The van der Waals surface area contributed by atoms with Gasteiger partial charge in [-0.1, -0.05) is 83.1 Å². The molecule has 0 saturated heterocycles. The average Bonchev–Trinajstić information content (AvgIpc) is 3.00. The van der Waals surface area contributed by atoms with Crippen molar-refractivity contribution in [1.29, 1.82) is 0 Å². The van der Waals surface area contributed by atoms with Crippen molar-refractivity contribution in [2.24, 2.45) is 0 Å². The lowest BCUT2D eigenvalue weighted by molar-refractivity contribution is -0.162. The van der Waals surface area contributed by atoms with Crippen LogP contribution in [-0.4, -0.2) is 41.4 Å². The van der Waals surface area contributed by atoms with Gasteiger partial charge in [0.2, 0.25) is 0 Å². The number of hydrogen-bond acceptors (Lipinski definition) is 6. The van der Waals surface area contributed by atoms with Crippen molar-refractivity contribution in [3.8, 4) is 28.3 Å². The third-order valence-electron chi connectivity index (χ3n) is 7.12. The Labute approximate surface area is 246 Å². The Bertz CT molecular complexity index is 1130. The Morgan fingerprint density at radius 1 is 0.732 bits per heavy atom. The largest absolute Gasteiger partial charge is 0.490 e. The fraction of sp³-hybridized carbons (Fsp3) is 0.514. The number of carbonyl (C=O) groups is 1. The Kier molecular flexibility index (Phi) is 14.4. The maximum absolute atomic E-state index is 12.2. The van der Waals surface area contributed by atoms with Crippen LogP contribution in [0.2, 0.25) is 0 Å². The van der Waals surface area contributed by atoms with Crippen LogP contribution in [0.25, 0.3) is 22.5 Å². The molecule has 6 heteroatoms. The van der Waals surface area contributed by atoms with Crippen molar-refractivity contribution < 1.29 is 19.0 Å². The van der Waals surface area contributed by atoms with Gasteiger partial charge >= 0.3 is 5.97 Å². The van der Waals surface area contributed by atoms with Crippen molar-refractivity contribution in [1.82, 2.24) is 9.97 Å². The summed E-state index contributed by atoms with van der Waals surface area (Å²) in [7, 11) is 0. The summed E-state index contributed by atoms with van der Waals surface area (Å²) >= 11 is 0. The number of benzene rings is 2. The van der Waals surface area contributed by atoms with Crippen molar-refractivity contribution in [2.45, 2.75) is 104 Å². The molecule has 0 saturated carbocycles. The van der Waals surface area contributed by atoms with Gasteiger partial charge in [-0.15, -0.1) is 0 Å². The summed E-state index contributed by atoms with van der Waals surface area (Å²) in [5.41, 5.74) is 4.43. The molecule has 2 aromatic carbocycles. The van der Waals surface area contributed by atoms with Gasteiger partial charge < -0.3 is 14.2 Å². The maximum atomic E-state index is 12.2. The van der Waals surface area contributed by atoms with Gasteiger partial charge in [0, 0.05) is 30.1 Å². The van der Waals surface area contributed by atoms with Crippen LogP contribution in [0, 0.1) is 0 Å². The zero-order valence-corrected chi connectivity index (χ0v) is 25.4. The number of aromatic nitrogens is 2. The van der Waals surface area contributed by atoms with E-state index in [0.717, 1.165) is 36.0 Å². The van der Waals surface area contributed by atoms with E-state index in [1.807, 2.05) is 43.6 Å². The molecule has 0 radical (unpaired) electrons. The van der Waals surface area contributed by atoms with Crippen LogP contribution in [0.4, 0.5) is 0 Å². The van der Waals surface area contributed by atoms with Crippen LogP contribution in [0.5, 0.6) is 5.75 Å². The smallest absolute Gasteiger partial charge is 0.335 e. The molecule has 3 rings (SSSR count). The lowest BCUT2D eigenvalue weighted by atomic mass is 10.0. The minimum Gasteiger partial charge on any atom is -0.490 e. The molecule has 0 amide bonds. The summed E-state index contributed by atoms with van der Waals surface area (Å²) in [5.74, 6) is 0.986. The normalized spacial score (nSPS) is 12.6. The highest BCUT2D eigenvalue weighted by atomic mass is 16.6. The summed E-state index contributed by atoms with van der Waals surface area (Å²) in [4.78, 5) is 21.4. The summed E-state index contributed by atoms with van der Waals surface area (Å²) in [5, 5.41) is 0. The Hall–Kier alpha value is -3.25. The lowest BCUT2D eigenvalue weighted by Gasteiger charge is -2.17. The van der Waals surface area contributed by atoms with Crippen LogP contribution < -0.4 is 4.74 Å². The molecule has 0 bridgehead atoms. The summed E-state index contributed by atoms with van der Waals surface area (Å²) in [6.45, 7) is 8.69. The molecular weight excluding hydrogens is 512 g/mol. The number of nitrogens with zero attached hydrogens (tertiary/aromatic N) is 2. The third kappa shape index (κ3) is 11.6. The molecule has 2 atom stereocenters. The molecule has 0 spiro atoms. The fourth-order valence-electron chi connectivity index (χ4n) is 4.49. The summed E-state index contributed by atoms with van der Waals surface area (Å²) < 4.78 is 16.8. The number of carbonyl (C=O) groups excluding carboxylic acids is 1. The minimum absolute atomic E-state index is 0.260. The Morgan fingerprint density at radius 2 is 1.34 bits per heavy atom. The van der Waals surface area contributed by atoms with Gasteiger partial charge in [-0.05, 0) is 68.5 Å². The first-order chi connectivity index (χ1) is 20.0. The number of hydrogen-bond donors (Lipinski definition) is 0. The topological polar surface area (TPSA) is 70.5 Å².